The van der Waals surface area contributed by atoms with E-state index < -0.39 is 0 Å². The van der Waals surface area contributed by atoms with Crippen molar-refractivity contribution in [3.63, 3.8) is 0 Å². The highest BCUT2D eigenvalue weighted by molar-refractivity contribution is 9.10. The summed E-state index contributed by atoms with van der Waals surface area (Å²) in [5.41, 5.74) is 4.60. The van der Waals surface area contributed by atoms with Crippen LogP contribution < -0.4 is 0 Å². The van der Waals surface area contributed by atoms with Crippen molar-refractivity contribution in [3.05, 3.63) is 69.7 Å². The second-order valence-corrected chi connectivity index (χ2v) is 8.12. The summed E-state index contributed by atoms with van der Waals surface area (Å²) in [6, 6.07) is 19.1. The summed E-state index contributed by atoms with van der Waals surface area (Å²) in [5, 5.41) is 0. The topological polar surface area (TPSA) is 3.24 Å². The number of benzene rings is 2. The lowest BCUT2D eigenvalue weighted by molar-refractivity contribution is 0.0642. The number of piperidine rings is 1. The molecule has 2 aliphatic heterocycles. The molecule has 120 valence electrons. The van der Waals surface area contributed by atoms with Crippen LogP contribution in [0.2, 0.25) is 0 Å². The molecule has 2 heterocycles. The fourth-order valence-electron chi connectivity index (χ4n) is 4.47. The van der Waals surface area contributed by atoms with Gasteiger partial charge in [0.1, 0.15) is 0 Å². The van der Waals surface area contributed by atoms with Gasteiger partial charge in [-0.05, 0) is 67.3 Å². The minimum atomic E-state index is 0.491. The first-order valence-electron chi connectivity index (χ1n) is 8.78. The minimum Gasteiger partial charge on any atom is -0.293 e. The van der Waals surface area contributed by atoms with Crippen LogP contribution in [0.1, 0.15) is 42.5 Å². The molecule has 1 fully saturated rings. The van der Waals surface area contributed by atoms with Crippen LogP contribution in [-0.2, 0) is 12.8 Å². The van der Waals surface area contributed by atoms with Gasteiger partial charge in [0.15, 0.2) is 0 Å². The van der Waals surface area contributed by atoms with Crippen molar-refractivity contribution in [3.8, 4) is 0 Å². The van der Waals surface area contributed by atoms with E-state index in [1.165, 1.54) is 42.3 Å². The van der Waals surface area contributed by atoms with E-state index >= 15 is 0 Å². The van der Waals surface area contributed by atoms with E-state index in [-0.39, 0.29) is 0 Å². The Morgan fingerprint density at radius 3 is 2.57 bits per heavy atom. The molecule has 1 saturated heterocycles. The second-order valence-electron chi connectivity index (χ2n) is 7.20. The van der Waals surface area contributed by atoms with Gasteiger partial charge in [-0.25, -0.2) is 0 Å². The van der Waals surface area contributed by atoms with Crippen LogP contribution in [0.3, 0.4) is 0 Å². The molecular weight excluding hydrogens is 346 g/mol. The Bertz CT molecular complexity index is 696. The molecule has 0 amide bonds. The minimum absolute atomic E-state index is 0.491. The zero-order chi connectivity index (χ0) is 15.8. The van der Waals surface area contributed by atoms with Crippen LogP contribution in [0, 0.1) is 5.92 Å². The Morgan fingerprint density at radius 1 is 1.00 bits per heavy atom. The molecule has 0 N–H and O–H groups in total. The first kappa shape index (κ1) is 15.4. The monoisotopic (exact) mass is 369 g/mol. The van der Waals surface area contributed by atoms with Crippen LogP contribution in [-0.4, -0.2) is 17.5 Å². The quantitative estimate of drug-likeness (QED) is 0.685. The van der Waals surface area contributed by atoms with E-state index in [1.54, 1.807) is 11.1 Å². The summed E-state index contributed by atoms with van der Waals surface area (Å²) >= 11 is 3.63. The van der Waals surface area contributed by atoms with Gasteiger partial charge < -0.3 is 0 Å². The van der Waals surface area contributed by atoms with Gasteiger partial charge in [-0.3, -0.25) is 4.90 Å². The lowest BCUT2D eigenvalue weighted by Gasteiger charge is -2.45. The van der Waals surface area contributed by atoms with Gasteiger partial charge in [0.25, 0.3) is 0 Å². The summed E-state index contributed by atoms with van der Waals surface area (Å²) in [6.45, 7) is 3.62. The Hall–Kier alpha value is -1.12. The van der Waals surface area contributed by atoms with Crippen molar-refractivity contribution in [2.75, 3.05) is 6.54 Å². The van der Waals surface area contributed by atoms with Crippen molar-refractivity contribution in [2.45, 2.75) is 44.7 Å². The summed E-state index contributed by atoms with van der Waals surface area (Å²) in [4.78, 5) is 2.77. The second kappa shape index (κ2) is 6.41. The van der Waals surface area contributed by atoms with Crippen LogP contribution in [0.4, 0.5) is 0 Å². The molecule has 2 aromatic rings. The number of fused-ring (bicyclic) bond motifs is 2. The van der Waals surface area contributed by atoms with E-state index in [9.17, 15) is 0 Å². The predicted octanol–water partition coefficient (Wildman–Crippen LogP) is 5.39. The maximum absolute atomic E-state index is 3.63. The molecule has 2 aromatic carbocycles. The third-order valence-electron chi connectivity index (χ3n) is 5.76. The molecule has 5 rings (SSSR count). The summed E-state index contributed by atoms with van der Waals surface area (Å²) in [5.74, 6) is 0.808. The first-order valence-corrected chi connectivity index (χ1v) is 9.58. The van der Waals surface area contributed by atoms with Gasteiger partial charge in [-0.2, -0.15) is 0 Å². The van der Waals surface area contributed by atoms with Crippen molar-refractivity contribution in [1.29, 1.82) is 0 Å². The maximum atomic E-state index is 3.63. The Labute approximate surface area is 147 Å². The molecule has 2 heteroatoms. The maximum Gasteiger partial charge on any atom is 0.0323 e. The van der Waals surface area contributed by atoms with Gasteiger partial charge >= 0.3 is 0 Å². The number of nitrogens with zero attached hydrogens (tertiary/aromatic N) is 1. The van der Waals surface area contributed by atoms with Gasteiger partial charge in [0.2, 0.25) is 0 Å². The van der Waals surface area contributed by atoms with Gasteiger partial charge in [0, 0.05) is 23.1 Å². The Balaban J connectivity index is 1.64. The predicted molar refractivity (Wildman–Crippen MR) is 99.6 cm³/mol. The first-order chi connectivity index (χ1) is 11.2. The van der Waals surface area contributed by atoms with Gasteiger partial charge in [-0.1, -0.05) is 52.3 Å². The molecule has 0 spiro atoms. The highest BCUT2D eigenvalue weighted by atomic mass is 79.9. The third kappa shape index (κ3) is 3.12. The van der Waals surface area contributed by atoms with Gasteiger partial charge in [0.05, 0.1) is 0 Å². The summed E-state index contributed by atoms with van der Waals surface area (Å²) < 4.78 is 1.18. The lowest BCUT2D eigenvalue weighted by Crippen LogP contribution is -2.47. The summed E-state index contributed by atoms with van der Waals surface area (Å²) in [6.07, 6.45) is 5.20. The molecule has 3 aliphatic rings. The van der Waals surface area contributed by atoms with Crippen molar-refractivity contribution in [1.82, 2.24) is 4.90 Å². The van der Waals surface area contributed by atoms with Crippen LogP contribution >= 0.6 is 15.9 Å². The zero-order valence-electron chi connectivity index (χ0n) is 13.7. The lowest BCUT2D eigenvalue weighted by atomic mass is 9.79. The molecule has 3 atom stereocenters. The van der Waals surface area contributed by atoms with E-state index in [4.69, 9.17) is 0 Å². The van der Waals surface area contributed by atoms with Crippen LogP contribution in [0.15, 0.2) is 53.0 Å². The Morgan fingerprint density at radius 2 is 1.78 bits per heavy atom. The van der Waals surface area contributed by atoms with Crippen molar-refractivity contribution < 1.29 is 0 Å². The van der Waals surface area contributed by atoms with Gasteiger partial charge in [-0.15, -0.1) is 0 Å². The number of hydrogen-bond donors (Lipinski definition) is 0. The molecule has 0 radical (unpaired) electrons. The highest BCUT2D eigenvalue weighted by Gasteiger charge is 2.34. The molecule has 0 saturated carbocycles. The molecule has 0 unspecified atom stereocenters. The van der Waals surface area contributed by atoms with E-state index in [2.05, 4.69) is 76.3 Å². The molecule has 2 bridgehead atoms. The van der Waals surface area contributed by atoms with Crippen molar-refractivity contribution >= 4 is 15.9 Å². The fraction of sp³-hybridized carbons (Fsp3) is 0.429. The van der Waals surface area contributed by atoms with E-state index in [1.807, 2.05) is 0 Å². The number of hydrogen-bond acceptors (Lipinski definition) is 1. The standard InChI is InChI=1S/C21H24BrN/c1-15(17-7-4-8-20(22)12-17)23-14-16-9-10-21(23)13-19-6-3-2-5-18(19)11-16/h2-8,12,15-16,21H,9-11,13-14H2,1H3/t15-,16-,21+/m1/s1. The van der Waals surface area contributed by atoms with Crippen LogP contribution in [0.25, 0.3) is 0 Å². The molecule has 23 heavy (non-hydrogen) atoms. The SMILES string of the molecule is C[C@H](c1cccc(Br)c1)N1C[C@@H]2CC[C@H]1Cc1ccccc1C2. The van der Waals surface area contributed by atoms with Crippen LogP contribution in [0.5, 0.6) is 0 Å². The normalized spacial score (nSPS) is 25.5. The van der Waals surface area contributed by atoms with Crippen molar-refractivity contribution in [2.24, 2.45) is 5.92 Å². The molecule has 0 aromatic heterocycles. The average Bonchev–Trinajstić information content (AvgIpc) is 2.54. The van der Waals surface area contributed by atoms with E-state index in [0.717, 1.165) is 5.92 Å². The highest BCUT2D eigenvalue weighted by Crippen LogP contribution is 2.37. The molecular formula is C21H24BrN. The molecule has 1 aliphatic carbocycles. The summed E-state index contributed by atoms with van der Waals surface area (Å²) in [7, 11) is 0. The number of halogens is 1. The smallest absolute Gasteiger partial charge is 0.0323 e. The van der Waals surface area contributed by atoms with E-state index in [0.29, 0.717) is 12.1 Å². The Kier molecular flexibility index (Phi) is 4.29. The average molecular weight is 370 g/mol. The zero-order valence-corrected chi connectivity index (χ0v) is 15.3. The molecule has 1 nitrogen and oxygen atoms in total. The number of rotatable bonds is 2. The largest absolute Gasteiger partial charge is 0.293 e. The third-order valence-corrected chi connectivity index (χ3v) is 6.25. The fourth-order valence-corrected chi connectivity index (χ4v) is 4.89.